The molecule has 5 nitrogen and oxygen atoms in total. The molecule has 0 unspecified atom stereocenters. The Morgan fingerprint density at radius 1 is 1.05 bits per heavy atom. The van der Waals surface area contributed by atoms with Gasteiger partial charge in [0.15, 0.2) is 0 Å². The Labute approximate surface area is 224 Å². The summed E-state index contributed by atoms with van der Waals surface area (Å²) in [5, 5.41) is 4.86. The van der Waals surface area contributed by atoms with E-state index in [0.29, 0.717) is 32.8 Å². The van der Waals surface area contributed by atoms with Crippen molar-refractivity contribution in [3.05, 3.63) is 107 Å². The zero-order valence-corrected chi connectivity index (χ0v) is 21.8. The van der Waals surface area contributed by atoms with E-state index in [2.05, 4.69) is 0 Å². The van der Waals surface area contributed by atoms with Gasteiger partial charge in [-0.2, -0.15) is 5.10 Å². The SMILES string of the molecule is CCCN1C(=O)/C(=C/c2cn(-c3ccccc3)nc2-c2cccc(OCc3ccccc3F)c2)SC1=S. The van der Waals surface area contributed by atoms with Crippen LogP contribution in [0.25, 0.3) is 23.0 Å². The molecule has 5 rings (SSSR count). The summed E-state index contributed by atoms with van der Waals surface area (Å²) < 4.78 is 22.3. The topological polar surface area (TPSA) is 47.4 Å². The van der Waals surface area contributed by atoms with Crippen LogP contribution in [0, 0.1) is 5.82 Å². The molecule has 0 atom stereocenters. The fourth-order valence-corrected chi connectivity index (χ4v) is 5.30. The minimum atomic E-state index is -0.303. The number of nitrogens with zero attached hydrogens (tertiary/aromatic N) is 3. The van der Waals surface area contributed by atoms with E-state index in [1.807, 2.05) is 73.8 Å². The first-order valence-corrected chi connectivity index (χ1v) is 13.1. The van der Waals surface area contributed by atoms with Crippen molar-refractivity contribution in [2.24, 2.45) is 0 Å². The zero-order chi connectivity index (χ0) is 25.8. The fourth-order valence-electron chi connectivity index (χ4n) is 4.00. The van der Waals surface area contributed by atoms with Gasteiger partial charge in [0.1, 0.15) is 28.2 Å². The van der Waals surface area contributed by atoms with Gasteiger partial charge in [0.2, 0.25) is 0 Å². The van der Waals surface area contributed by atoms with Crippen molar-refractivity contribution in [3.63, 3.8) is 0 Å². The molecular weight excluding hydrogens is 505 g/mol. The third kappa shape index (κ3) is 5.50. The van der Waals surface area contributed by atoms with Crippen LogP contribution in [-0.4, -0.2) is 31.5 Å². The van der Waals surface area contributed by atoms with E-state index in [9.17, 15) is 9.18 Å². The average molecular weight is 530 g/mol. The summed E-state index contributed by atoms with van der Waals surface area (Å²) in [7, 11) is 0. The molecule has 0 saturated carbocycles. The lowest BCUT2D eigenvalue weighted by Gasteiger charge is -2.11. The molecule has 0 radical (unpaired) electrons. The maximum Gasteiger partial charge on any atom is 0.266 e. The molecule has 1 saturated heterocycles. The molecule has 186 valence electrons. The van der Waals surface area contributed by atoms with E-state index in [1.54, 1.807) is 27.8 Å². The first-order valence-electron chi connectivity index (χ1n) is 11.9. The van der Waals surface area contributed by atoms with E-state index in [1.165, 1.54) is 17.8 Å². The van der Waals surface area contributed by atoms with Crippen LogP contribution < -0.4 is 4.74 Å². The highest BCUT2D eigenvalue weighted by atomic mass is 32.2. The number of hydrogen-bond donors (Lipinski definition) is 0. The number of rotatable bonds is 8. The molecule has 2 heterocycles. The number of benzene rings is 3. The van der Waals surface area contributed by atoms with Gasteiger partial charge in [-0.05, 0) is 42.8 Å². The van der Waals surface area contributed by atoms with Crippen LogP contribution in [0.1, 0.15) is 24.5 Å². The lowest BCUT2D eigenvalue weighted by atomic mass is 10.1. The van der Waals surface area contributed by atoms with E-state index in [0.717, 1.165) is 23.2 Å². The maximum atomic E-state index is 14.0. The van der Waals surface area contributed by atoms with Crippen LogP contribution >= 0.6 is 24.0 Å². The Bertz CT molecular complexity index is 1480. The summed E-state index contributed by atoms with van der Waals surface area (Å²) in [5.41, 5.74) is 3.68. The third-order valence-electron chi connectivity index (χ3n) is 5.83. The van der Waals surface area contributed by atoms with Gasteiger partial charge in [-0.1, -0.05) is 79.4 Å². The van der Waals surface area contributed by atoms with Gasteiger partial charge in [0.05, 0.1) is 10.6 Å². The Morgan fingerprint density at radius 2 is 1.84 bits per heavy atom. The molecule has 0 spiro atoms. The molecule has 37 heavy (non-hydrogen) atoms. The van der Waals surface area contributed by atoms with Gasteiger partial charge in [0, 0.05) is 29.4 Å². The summed E-state index contributed by atoms with van der Waals surface area (Å²) in [6.07, 6.45) is 4.59. The monoisotopic (exact) mass is 529 g/mol. The normalized spacial score (nSPS) is 14.5. The lowest BCUT2D eigenvalue weighted by Crippen LogP contribution is -2.28. The number of halogens is 1. The molecule has 1 aliphatic heterocycles. The summed E-state index contributed by atoms with van der Waals surface area (Å²) in [5.74, 6) is 0.204. The number of para-hydroxylation sites is 1. The fraction of sp³-hybridized carbons (Fsp3) is 0.138. The van der Waals surface area contributed by atoms with Crippen molar-refractivity contribution < 1.29 is 13.9 Å². The smallest absolute Gasteiger partial charge is 0.266 e. The first-order chi connectivity index (χ1) is 18.0. The lowest BCUT2D eigenvalue weighted by molar-refractivity contribution is -0.122. The van der Waals surface area contributed by atoms with Crippen molar-refractivity contribution >= 4 is 40.3 Å². The second-order valence-corrected chi connectivity index (χ2v) is 10.1. The van der Waals surface area contributed by atoms with Crippen LogP contribution in [0.2, 0.25) is 0 Å². The molecule has 8 heteroatoms. The van der Waals surface area contributed by atoms with E-state index in [4.69, 9.17) is 22.1 Å². The number of hydrogen-bond acceptors (Lipinski definition) is 5. The Balaban J connectivity index is 1.50. The number of carbonyl (C=O) groups is 1. The molecule has 1 aromatic heterocycles. The van der Waals surface area contributed by atoms with Crippen LogP contribution in [-0.2, 0) is 11.4 Å². The zero-order valence-electron chi connectivity index (χ0n) is 20.1. The number of thioether (sulfide) groups is 1. The molecular formula is C29H24FN3O2S2. The Kier molecular flexibility index (Phi) is 7.48. The molecule has 1 aliphatic rings. The van der Waals surface area contributed by atoms with Gasteiger partial charge < -0.3 is 4.74 Å². The maximum absolute atomic E-state index is 14.0. The van der Waals surface area contributed by atoms with Crippen LogP contribution in [0.5, 0.6) is 5.75 Å². The summed E-state index contributed by atoms with van der Waals surface area (Å²) in [6.45, 7) is 2.73. The van der Waals surface area contributed by atoms with Gasteiger partial charge >= 0.3 is 0 Å². The standard InChI is InChI=1S/C29H24FN3O2S2/c1-2-15-32-28(34)26(37-29(32)36)17-22-18-33(23-11-4-3-5-12-23)31-27(22)20-10-8-13-24(16-20)35-19-21-9-6-7-14-25(21)30/h3-14,16-18H,2,15,19H2,1H3/b26-17-. The predicted molar refractivity (Wildman–Crippen MR) is 150 cm³/mol. The second-order valence-electron chi connectivity index (χ2n) is 8.45. The third-order valence-corrected chi connectivity index (χ3v) is 7.21. The molecule has 0 bridgehead atoms. The molecule has 4 aromatic rings. The summed E-state index contributed by atoms with van der Waals surface area (Å²) in [4.78, 5) is 15.2. The molecule has 3 aromatic carbocycles. The Morgan fingerprint density at radius 3 is 2.62 bits per heavy atom. The van der Waals surface area contributed by atoms with Crippen molar-refractivity contribution in [2.45, 2.75) is 20.0 Å². The first kappa shape index (κ1) is 24.9. The molecule has 0 N–H and O–H groups in total. The average Bonchev–Trinajstić information content (AvgIpc) is 3.46. The van der Waals surface area contributed by atoms with Crippen LogP contribution in [0.3, 0.4) is 0 Å². The van der Waals surface area contributed by atoms with Crippen molar-refractivity contribution in [1.82, 2.24) is 14.7 Å². The number of aromatic nitrogens is 2. The number of amides is 1. The molecule has 0 aliphatic carbocycles. The Hall–Kier alpha value is -3.75. The summed E-state index contributed by atoms with van der Waals surface area (Å²) in [6, 6.07) is 23.8. The van der Waals surface area contributed by atoms with Crippen LogP contribution in [0.4, 0.5) is 4.39 Å². The highest BCUT2D eigenvalue weighted by molar-refractivity contribution is 8.26. The van der Waals surface area contributed by atoms with Crippen molar-refractivity contribution in [3.8, 4) is 22.7 Å². The van der Waals surface area contributed by atoms with Gasteiger partial charge in [0.25, 0.3) is 5.91 Å². The second kappa shape index (κ2) is 11.1. The summed E-state index contributed by atoms with van der Waals surface area (Å²) >= 11 is 6.75. The highest BCUT2D eigenvalue weighted by Crippen LogP contribution is 2.35. The van der Waals surface area contributed by atoms with Gasteiger partial charge in [-0.3, -0.25) is 9.69 Å². The minimum Gasteiger partial charge on any atom is -0.489 e. The highest BCUT2D eigenvalue weighted by Gasteiger charge is 2.31. The quantitative estimate of drug-likeness (QED) is 0.184. The van der Waals surface area contributed by atoms with E-state index in [-0.39, 0.29) is 18.3 Å². The van der Waals surface area contributed by atoms with E-state index >= 15 is 0 Å². The largest absolute Gasteiger partial charge is 0.489 e. The number of ether oxygens (including phenoxy) is 1. The van der Waals surface area contributed by atoms with Crippen LogP contribution in [0.15, 0.2) is 90.0 Å². The van der Waals surface area contributed by atoms with E-state index < -0.39 is 0 Å². The van der Waals surface area contributed by atoms with Gasteiger partial charge in [-0.25, -0.2) is 9.07 Å². The van der Waals surface area contributed by atoms with Crippen molar-refractivity contribution in [2.75, 3.05) is 6.54 Å². The molecule has 1 amide bonds. The van der Waals surface area contributed by atoms with Crippen molar-refractivity contribution in [1.29, 1.82) is 0 Å². The predicted octanol–water partition coefficient (Wildman–Crippen LogP) is 6.87. The minimum absolute atomic E-state index is 0.0859. The number of carbonyl (C=O) groups excluding carboxylic acids is 1. The van der Waals surface area contributed by atoms with Gasteiger partial charge in [-0.15, -0.1) is 0 Å². The number of thiocarbonyl (C=S) groups is 1. The molecule has 1 fully saturated rings.